The molecule has 1 aliphatic rings. The van der Waals surface area contributed by atoms with Crippen molar-refractivity contribution in [3.8, 4) is 11.5 Å². The van der Waals surface area contributed by atoms with Crippen molar-refractivity contribution in [3.63, 3.8) is 0 Å². The van der Waals surface area contributed by atoms with Crippen LogP contribution in [0.4, 0.5) is 11.4 Å². The third kappa shape index (κ3) is 10.8. The van der Waals surface area contributed by atoms with E-state index in [4.69, 9.17) is 4.74 Å². The molecule has 3 N–H and O–H groups in total. The van der Waals surface area contributed by atoms with Gasteiger partial charge in [0.2, 0.25) is 0 Å². The number of carbonyl (C=O) groups excluding carboxylic acids is 2. The van der Waals surface area contributed by atoms with Crippen molar-refractivity contribution < 1.29 is 29.3 Å². The molecule has 0 saturated carbocycles. The van der Waals surface area contributed by atoms with E-state index in [0.29, 0.717) is 23.3 Å². The van der Waals surface area contributed by atoms with Gasteiger partial charge in [-0.3, -0.25) is 14.4 Å². The SMILES string of the molecule is CCCCC1(CCCC)CN(c2ccccc2)c2cc(SC)c(OCC(=O)NC(C(=O)/C=C(\C)CC(CC)C(=O)O)c3ccc(O)cc3)cc2S1. The van der Waals surface area contributed by atoms with E-state index in [-0.39, 0.29) is 23.5 Å². The summed E-state index contributed by atoms with van der Waals surface area (Å²) in [6.45, 7) is 8.61. The largest absolute Gasteiger partial charge is 0.508 e. The van der Waals surface area contributed by atoms with E-state index in [0.717, 1.165) is 66.2 Å². The summed E-state index contributed by atoms with van der Waals surface area (Å²) in [7, 11) is 0. The molecule has 10 heteroatoms. The fourth-order valence-electron chi connectivity index (χ4n) is 6.47. The summed E-state index contributed by atoms with van der Waals surface area (Å²) in [5, 5.41) is 22.2. The molecule has 0 radical (unpaired) electrons. The van der Waals surface area contributed by atoms with Gasteiger partial charge < -0.3 is 25.2 Å². The molecule has 1 amide bonds. The Morgan fingerprint density at radius 2 is 1.69 bits per heavy atom. The number of amides is 1. The topological polar surface area (TPSA) is 116 Å². The number of phenols is 1. The van der Waals surface area contributed by atoms with E-state index >= 15 is 0 Å². The zero-order valence-electron chi connectivity index (χ0n) is 30.4. The normalized spacial score (nSPS) is 15.1. The Morgan fingerprint density at radius 1 is 1.02 bits per heavy atom. The molecular weight excluding hydrogens is 681 g/mol. The molecule has 8 nitrogen and oxygen atoms in total. The number of unbranched alkanes of at least 4 members (excludes halogenated alkanes) is 2. The maximum atomic E-state index is 13.6. The van der Waals surface area contributed by atoms with Gasteiger partial charge in [-0.05, 0) is 86.9 Å². The average molecular weight is 733 g/mol. The number of hydrogen-bond acceptors (Lipinski definition) is 8. The van der Waals surface area contributed by atoms with E-state index < -0.39 is 29.6 Å². The molecule has 1 aliphatic heterocycles. The van der Waals surface area contributed by atoms with Gasteiger partial charge in [-0.25, -0.2) is 0 Å². The first-order valence-electron chi connectivity index (χ1n) is 17.9. The molecule has 0 spiro atoms. The molecule has 0 saturated heterocycles. The summed E-state index contributed by atoms with van der Waals surface area (Å²) in [6.07, 6.45) is 10.8. The van der Waals surface area contributed by atoms with E-state index in [1.54, 1.807) is 37.7 Å². The summed E-state index contributed by atoms with van der Waals surface area (Å²) in [5.41, 5.74) is 3.38. The first-order chi connectivity index (χ1) is 24.5. The van der Waals surface area contributed by atoms with Crippen molar-refractivity contribution >= 4 is 52.6 Å². The summed E-state index contributed by atoms with van der Waals surface area (Å²) in [6, 6.07) is 19.8. The number of para-hydroxylation sites is 1. The Hall–Kier alpha value is -3.89. The highest BCUT2D eigenvalue weighted by atomic mass is 32.2. The number of carbonyl (C=O) groups is 3. The maximum Gasteiger partial charge on any atom is 0.306 e. The second kappa shape index (κ2) is 19.1. The van der Waals surface area contributed by atoms with Gasteiger partial charge in [-0.15, -0.1) is 23.5 Å². The van der Waals surface area contributed by atoms with Crippen LogP contribution in [0.5, 0.6) is 11.5 Å². The number of aliphatic carboxylic acids is 1. The van der Waals surface area contributed by atoms with Gasteiger partial charge in [0.15, 0.2) is 12.4 Å². The van der Waals surface area contributed by atoms with Gasteiger partial charge in [0, 0.05) is 21.9 Å². The number of nitrogens with zero attached hydrogens (tertiary/aromatic N) is 1. The van der Waals surface area contributed by atoms with Crippen LogP contribution in [0.25, 0.3) is 0 Å². The highest BCUT2D eigenvalue weighted by Crippen LogP contribution is 2.53. The molecule has 1 heterocycles. The lowest BCUT2D eigenvalue weighted by atomic mass is 9.93. The molecule has 2 atom stereocenters. The van der Waals surface area contributed by atoms with Crippen molar-refractivity contribution in [2.45, 2.75) is 99.6 Å². The van der Waals surface area contributed by atoms with Crippen LogP contribution in [-0.4, -0.2) is 52.0 Å². The van der Waals surface area contributed by atoms with Crippen molar-refractivity contribution in [1.29, 1.82) is 0 Å². The van der Waals surface area contributed by atoms with E-state index in [1.807, 2.05) is 24.1 Å². The lowest BCUT2D eigenvalue weighted by molar-refractivity contribution is -0.141. The third-order valence-electron chi connectivity index (χ3n) is 9.32. The molecule has 0 aliphatic carbocycles. The van der Waals surface area contributed by atoms with Crippen molar-refractivity contribution in [3.05, 3.63) is 83.9 Å². The summed E-state index contributed by atoms with van der Waals surface area (Å²) < 4.78 is 6.28. The number of thioether (sulfide) groups is 2. The van der Waals surface area contributed by atoms with Gasteiger partial charge in [0.25, 0.3) is 5.91 Å². The molecule has 0 fully saturated rings. The maximum absolute atomic E-state index is 13.6. The smallest absolute Gasteiger partial charge is 0.306 e. The highest BCUT2D eigenvalue weighted by Gasteiger charge is 2.39. The quantitative estimate of drug-likeness (QED) is 0.0818. The first kappa shape index (κ1) is 39.9. The van der Waals surface area contributed by atoms with Crippen LogP contribution in [0.15, 0.2) is 88.2 Å². The number of rotatable bonds is 19. The van der Waals surface area contributed by atoms with Gasteiger partial charge in [0.1, 0.15) is 17.5 Å². The second-order valence-corrected chi connectivity index (χ2v) is 15.7. The second-order valence-electron chi connectivity index (χ2n) is 13.3. The molecule has 3 aromatic carbocycles. The Labute approximate surface area is 311 Å². The number of benzene rings is 3. The lowest BCUT2D eigenvalue weighted by Gasteiger charge is -2.45. The lowest BCUT2D eigenvalue weighted by Crippen LogP contribution is -2.42. The number of nitrogens with one attached hydrogen (secondary N) is 1. The van der Waals surface area contributed by atoms with Crippen molar-refractivity contribution in [1.82, 2.24) is 5.32 Å². The van der Waals surface area contributed by atoms with E-state index in [1.165, 1.54) is 18.2 Å². The molecule has 4 rings (SSSR count). The number of fused-ring (bicyclic) bond motifs is 1. The first-order valence-corrected chi connectivity index (χ1v) is 20.0. The Bertz CT molecular complexity index is 1650. The molecule has 2 unspecified atom stereocenters. The number of hydrogen-bond donors (Lipinski definition) is 3. The van der Waals surface area contributed by atoms with Crippen LogP contribution in [0.2, 0.25) is 0 Å². The monoisotopic (exact) mass is 732 g/mol. The van der Waals surface area contributed by atoms with Gasteiger partial charge in [-0.2, -0.15) is 0 Å². The molecule has 3 aromatic rings. The molecule has 0 aromatic heterocycles. The number of anilines is 2. The van der Waals surface area contributed by atoms with Crippen LogP contribution in [-0.2, 0) is 14.4 Å². The third-order valence-corrected chi connectivity index (χ3v) is 11.6. The van der Waals surface area contributed by atoms with Crippen LogP contribution < -0.4 is 15.0 Å². The Balaban J connectivity index is 1.61. The summed E-state index contributed by atoms with van der Waals surface area (Å²) in [4.78, 5) is 43.1. The Morgan fingerprint density at radius 3 is 2.27 bits per heavy atom. The standard InChI is InChI=1S/C41H52N2O6S2/c1-6-9-20-41(21-10-7-2)27-43(31-14-12-11-13-15-31)33-24-37(50-5)35(25-36(33)51-41)49-26-38(46)42-39(30-16-18-32(44)19-17-30)34(45)23-28(4)22-29(8-3)40(47)48/h11-19,23-25,29,39,44H,6-10,20-22,26-27H2,1-5H3,(H,42,46)(H,47,48)/b28-23+. The molecule has 51 heavy (non-hydrogen) atoms. The zero-order chi connectivity index (χ0) is 37.0. The predicted molar refractivity (Wildman–Crippen MR) is 209 cm³/mol. The minimum atomic E-state index is -1.04. The fourth-order valence-corrected chi connectivity index (χ4v) is 8.61. The average Bonchev–Trinajstić information content (AvgIpc) is 3.13. The number of carboxylic acids is 1. The summed E-state index contributed by atoms with van der Waals surface area (Å²) >= 11 is 3.49. The molecule has 274 valence electrons. The van der Waals surface area contributed by atoms with Gasteiger partial charge in [-0.1, -0.05) is 82.4 Å². The highest BCUT2D eigenvalue weighted by molar-refractivity contribution is 8.01. The van der Waals surface area contributed by atoms with Crippen LogP contribution >= 0.6 is 23.5 Å². The Kier molecular flexibility index (Phi) is 14.9. The van der Waals surface area contributed by atoms with Crippen molar-refractivity contribution in [2.75, 3.05) is 24.3 Å². The zero-order valence-corrected chi connectivity index (χ0v) is 32.1. The number of carboxylic acid groups (broad SMARTS) is 1. The van der Waals surface area contributed by atoms with Crippen LogP contribution in [0.1, 0.15) is 90.7 Å². The van der Waals surface area contributed by atoms with Crippen molar-refractivity contribution in [2.24, 2.45) is 5.92 Å². The number of ketones is 1. The number of phenolic OH excluding ortho intramolecular Hbond substituents is 1. The summed E-state index contributed by atoms with van der Waals surface area (Å²) in [5.74, 6) is -1.74. The number of allylic oxidation sites excluding steroid dienone is 1. The predicted octanol–water partition coefficient (Wildman–Crippen LogP) is 9.73. The van der Waals surface area contributed by atoms with E-state index in [2.05, 4.69) is 60.5 Å². The molecule has 0 bridgehead atoms. The minimum Gasteiger partial charge on any atom is -0.508 e. The fraction of sp³-hybridized carbons (Fsp3) is 0.439. The number of aromatic hydroxyl groups is 1. The molecular formula is C41H52N2O6S2. The van der Waals surface area contributed by atoms with Crippen LogP contribution in [0, 0.1) is 5.92 Å². The minimum absolute atomic E-state index is 0.0349. The number of ether oxygens (including phenoxy) is 1. The van der Waals surface area contributed by atoms with Gasteiger partial charge >= 0.3 is 5.97 Å². The van der Waals surface area contributed by atoms with Crippen LogP contribution in [0.3, 0.4) is 0 Å². The van der Waals surface area contributed by atoms with Gasteiger partial charge in [0.05, 0.1) is 16.5 Å². The van der Waals surface area contributed by atoms with E-state index in [9.17, 15) is 24.6 Å².